The quantitative estimate of drug-likeness (QED) is 0.753. The number of nitrogens with zero attached hydrogens (tertiary/aromatic N) is 2. The molecule has 100 valence electrons. The van der Waals surface area contributed by atoms with Crippen LogP contribution in [0.15, 0.2) is 0 Å². The smallest absolute Gasteiger partial charge is 0.317 e. The molecule has 0 bridgehead atoms. The Hall–Kier alpha value is -0.810. The second kappa shape index (κ2) is 6.21. The van der Waals surface area contributed by atoms with E-state index in [4.69, 9.17) is 5.73 Å². The Kier molecular flexibility index (Phi) is 5.21. The van der Waals surface area contributed by atoms with Crippen molar-refractivity contribution in [3.63, 3.8) is 0 Å². The lowest BCUT2D eigenvalue weighted by Gasteiger charge is -2.43. The predicted molar refractivity (Wildman–Crippen MR) is 70.0 cm³/mol. The maximum atomic E-state index is 11.8. The molecule has 5 heteroatoms. The average molecular weight is 242 g/mol. The number of piperazine rings is 1. The Balaban J connectivity index is 2.38. The minimum Gasteiger partial charge on any atom is -0.338 e. The number of carbonyl (C=O) groups is 1. The minimum absolute atomic E-state index is 0.0337. The Labute approximate surface area is 104 Å². The Morgan fingerprint density at radius 1 is 1.29 bits per heavy atom. The van der Waals surface area contributed by atoms with Crippen molar-refractivity contribution in [3.8, 4) is 0 Å². The van der Waals surface area contributed by atoms with Crippen LogP contribution in [0.4, 0.5) is 4.79 Å². The van der Waals surface area contributed by atoms with E-state index in [1.807, 2.05) is 4.90 Å². The van der Waals surface area contributed by atoms with Crippen molar-refractivity contribution in [1.82, 2.24) is 15.1 Å². The summed E-state index contributed by atoms with van der Waals surface area (Å²) < 4.78 is 0. The molecule has 0 unspecified atom stereocenters. The topological polar surface area (TPSA) is 61.6 Å². The number of amides is 2. The van der Waals surface area contributed by atoms with Gasteiger partial charge in [-0.1, -0.05) is 6.92 Å². The molecular weight excluding hydrogens is 216 g/mol. The Morgan fingerprint density at radius 2 is 1.88 bits per heavy atom. The molecule has 5 nitrogen and oxygen atoms in total. The highest BCUT2D eigenvalue weighted by Gasteiger charge is 2.29. The molecular formula is C12H26N4O. The van der Waals surface area contributed by atoms with E-state index in [1.165, 1.54) is 0 Å². The Morgan fingerprint density at radius 3 is 2.35 bits per heavy atom. The molecule has 1 aliphatic heterocycles. The first-order valence-electron chi connectivity index (χ1n) is 6.49. The lowest BCUT2D eigenvalue weighted by molar-refractivity contribution is 0.0687. The van der Waals surface area contributed by atoms with Crippen molar-refractivity contribution < 1.29 is 4.79 Å². The summed E-state index contributed by atoms with van der Waals surface area (Å²) >= 11 is 0. The van der Waals surface area contributed by atoms with Gasteiger partial charge in [0.05, 0.1) is 0 Å². The maximum Gasteiger partial charge on any atom is 0.317 e. The van der Waals surface area contributed by atoms with Crippen LogP contribution in [0, 0.1) is 0 Å². The van der Waals surface area contributed by atoms with Gasteiger partial charge in [-0.05, 0) is 20.3 Å². The van der Waals surface area contributed by atoms with Gasteiger partial charge in [-0.2, -0.15) is 0 Å². The second-order valence-electron chi connectivity index (χ2n) is 5.22. The second-order valence-corrected chi connectivity index (χ2v) is 5.22. The fourth-order valence-electron chi connectivity index (χ4n) is 1.99. The number of urea groups is 1. The summed E-state index contributed by atoms with van der Waals surface area (Å²) in [5, 5.41) is 2.91. The normalized spacial score (nSPS) is 18.2. The molecule has 1 rings (SSSR count). The molecule has 1 saturated heterocycles. The van der Waals surface area contributed by atoms with E-state index in [1.54, 1.807) is 0 Å². The largest absolute Gasteiger partial charge is 0.338 e. The highest BCUT2D eigenvalue weighted by atomic mass is 16.2. The van der Waals surface area contributed by atoms with Gasteiger partial charge in [-0.3, -0.25) is 4.90 Å². The van der Waals surface area contributed by atoms with Crippen molar-refractivity contribution >= 4 is 6.03 Å². The molecule has 0 aromatic rings. The zero-order valence-corrected chi connectivity index (χ0v) is 11.3. The number of carbonyl (C=O) groups excluding carboxylic acids is 1. The third-order valence-electron chi connectivity index (χ3n) is 3.45. The molecule has 1 aliphatic rings. The number of rotatable bonds is 4. The first-order valence-corrected chi connectivity index (χ1v) is 6.49. The summed E-state index contributed by atoms with van der Waals surface area (Å²) in [7, 11) is 0. The van der Waals surface area contributed by atoms with E-state index in [0.717, 1.165) is 39.1 Å². The van der Waals surface area contributed by atoms with E-state index in [0.29, 0.717) is 6.54 Å². The third-order valence-corrected chi connectivity index (χ3v) is 3.45. The van der Waals surface area contributed by atoms with Crippen molar-refractivity contribution in [2.75, 3.05) is 39.3 Å². The summed E-state index contributed by atoms with van der Waals surface area (Å²) in [4.78, 5) is 16.0. The van der Waals surface area contributed by atoms with Crippen molar-refractivity contribution in [1.29, 1.82) is 0 Å². The minimum atomic E-state index is 0.0337. The summed E-state index contributed by atoms with van der Waals surface area (Å²) in [6.45, 7) is 11.2. The lowest BCUT2D eigenvalue weighted by Crippen LogP contribution is -2.59. The lowest BCUT2D eigenvalue weighted by atomic mass is 10.0. The monoisotopic (exact) mass is 242 g/mol. The first-order chi connectivity index (χ1) is 8.01. The summed E-state index contributed by atoms with van der Waals surface area (Å²) in [6, 6.07) is 0.0667. The van der Waals surface area contributed by atoms with E-state index >= 15 is 0 Å². The molecule has 17 heavy (non-hydrogen) atoms. The fraction of sp³-hybridized carbons (Fsp3) is 0.917. The van der Waals surface area contributed by atoms with E-state index in [9.17, 15) is 4.79 Å². The van der Waals surface area contributed by atoms with Crippen LogP contribution in [-0.2, 0) is 0 Å². The molecule has 0 aromatic carbocycles. The number of hydrogen-bond donors (Lipinski definition) is 2. The summed E-state index contributed by atoms with van der Waals surface area (Å²) in [5.41, 5.74) is 5.80. The van der Waals surface area contributed by atoms with Gasteiger partial charge in [0, 0.05) is 44.8 Å². The van der Waals surface area contributed by atoms with E-state index in [-0.39, 0.29) is 11.6 Å². The molecule has 0 atom stereocenters. The third kappa shape index (κ3) is 3.85. The van der Waals surface area contributed by atoms with Crippen molar-refractivity contribution in [3.05, 3.63) is 0 Å². The SMILES string of the molecule is CCCNC(=O)N1CCN(C(C)(C)CN)CC1. The van der Waals surface area contributed by atoms with Crippen LogP contribution in [-0.4, -0.2) is 60.6 Å². The van der Waals surface area contributed by atoms with Crippen LogP contribution in [0.2, 0.25) is 0 Å². The number of nitrogens with two attached hydrogens (primary N) is 1. The highest BCUT2D eigenvalue weighted by Crippen LogP contribution is 2.15. The zero-order chi connectivity index (χ0) is 12.9. The fourth-order valence-corrected chi connectivity index (χ4v) is 1.99. The van der Waals surface area contributed by atoms with Crippen LogP contribution in [0.5, 0.6) is 0 Å². The standard InChI is InChI=1S/C12H26N4O/c1-4-5-14-11(17)15-6-8-16(9-7-15)12(2,3)10-13/h4-10,13H2,1-3H3,(H,14,17). The van der Waals surface area contributed by atoms with Gasteiger partial charge >= 0.3 is 6.03 Å². The van der Waals surface area contributed by atoms with Crippen LogP contribution >= 0.6 is 0 Å². The average Bonchev–Trinajstić information content (AvgIpc) is 2.36. The molecule has 1 fully saturated rings. The van der Waals surface area contributed by atoms with Gasteiger partial charge in [0.2, 0.25) is 0 Å². The van der Waals surface area contributed by atoms with Crippen molar-refractivity contribution in [2.24, 2.45) is 5.73 Å². The van der Waals surface area contributed by atoms with Gasteiger partial charge in [-0.25, -0.2) is 4.79 Å². The number of hydrogen-bond acceptors (Lipinski definition) is 3. The van der Waals surface area contributed by atoms with Gasteiger partial charge in [0.1, 0.15) is 0 Å². The Bertz CT molecular complexity index is 247. The summed E-state index contributed by atoms with van der Waals surface area (Å²) in [6.07, 6.45) is 0.978. The van der Waals surface area contributed by atoms with Crippen LogP contribution < -0.4 is 11.1 Å². The molecule has 0 radical (unpaired) electrons. The molecule has 0 spiro atoms. The molecule has 3 N–H and O–H groups in total. The van der Waals surface area contributed by atoms with Crippen molar-refractivity contribution in [2.45, 2.75) is 32.7 Å². The maximum absolute atomic E-state index is 11.8. The van der Waals surface area contributed by atoms with Crippen LogP contribution in [0.1, 0.15) is 27.2 Å². The van der Waals surface area contributed by atoms with Gasteiger partial charge in [0.15, 0.2) is 0 Å². The zero-order valence-electron chi connectivity index (χ0n) is 11.3. The molecule has 0 aliphatic carbocycles. The van der Waals surface area contributed by atoms with Crippen LogP contribution in [0.25, 0.3) is 0 Å². The predicted octanol–water partition coefficient (Wildman–Crippen LogP) is 0.461. The van der Waals surface area contributed by atoms with E-state index in [2.05, 4.69) is 31.0 Å². The summed E-state index contributed by atoms with van der Waals surface area (Å²) in [5.74, 6) is 0. The van der Waals surface area contributed by atoms with Crippen LogP contribution in [0.3, 0.4) is 0 Å². The first kappa shape index (κ1) is 14.3. The number of nitrogens with one attached hydrogen (secondary N) is 1. The molecule has 0 aromatic heterocycles. The molecule has 1 heterocycles. The highest BCUT2D eigenvalue weighted by molar-refractivity contribution is 5.74. The molecule has 2 amide bonds. The van der Waals surface area contributed by atoms with Gasteiger partial charge in [0.25, 0.3) is 0 Å². The van der Waals surface area contributed by atoms with Gasteiger partial charge in [-0.15, -0.1) is 0 Å². The van der Waals surface area contributed by atoms with E-state index < -0.39 is 0 Å². The van der Waals surface area contributed by atoms with Gasteiger partial charge < -0.3 is 16.0 Å². The molecule has 0 saturated carbocycles.